The Hall–Kier alpha value is -3.42. The second kappa shape index (κ2) is 6.58. The van der Waals surface area contributed by atoms with Crippen molar-refractivity contribution in [2.75, 3.05) is 0 Å². The summed E-state index contributed by atoms with van der Waals surface area (Å²) in [4.78, 5) is 33.5. The van der Waals surface area contributed by atoms with Crippen molar-refractivity contribution in [2.24, 2.45) is 0 Å². The summed E-state index contributed by atoms with van der Waals surface area (Å²) in [5, 5.41) is 12.1. The Morgan fingerprint density at radius 3 is 2.72 bits per heavy atom. The summed E-state index contributed by atoms with van der Waals surface area (Å²) in [5.74, 6) is 0.00461. The van der Waals surface area contributed by atoms with Crippen LogP contribution >= 0.6 is 22.9 Å². The van der Waals surface area contributed by atoms with Crippen LogP contribution in [-0.2, 0) is 0 Å². The highest BCUT2D eigenvalue weighted by Crippen LogP contribution is 2.40. The number of hydrogen-bond acceptors (Lipinski definition) is 5. The van der Waals surface area contributed by atoms with Gasteiger partial charge in [0, 0.05) is 21.8 Å². The Bertz CT molecular complexity index is 1510. The molecule has 142 valence electrons. The number of benzene rings is 2. The fourth-order valence-corrected chi connectivity index (χ4v) is 4.82. The molecule has 0 bridgehead atoms. The van der Waals surface area contributed by atoms with Crippen LogP contribution in [0.2, 0.25) is 5.02 Å². The average molecular weight is 422 g/mol. The fraction of sp³-hybridized carbons (Fsp3) is 0. The molecule has 3 aromatic heterocycles. The monoisotopic (exact) mass is 421 g/mol. The van der Waals surface area contributed by atoms with Gasteiger partial charge in [0.1, 0.15) is 10.4 Å². The van der Waals surface area contributed by atoms with Gasteiger partial charge in [0.05, 0.1) is 28.0 Å². The van der Waals surface area contributed by atoms with Gasteiger partial charge >= 0.3 is 5.69 Å². The number of nitrogens with one attached hydrogen (secondary N) is 1. The topological polar surface area (TPSA) is 88.0 Å². The first-order valence-electron chi connectivity index (χ1n) is 8.64. The third-order valence-electron chi connectivity index (χ3n) is 4.70. The molecule has 0 spiro atoms. The van der Waals surface area contributed by atoms with Gasteiger partial charge in [-0.3, -0.25) is 9.78 Å². The summed E-state index contributed by atoms with van der Waals surface area (Å²) in [7, 11) is 0. The number of fused-ring (bicyclic) bond motifs is 2. The predicted molar refractivity (Wildman–Crippen MR) is 115 cm³/mol. The number of aromatic amines is 1. The van der Waals surface area contributed by atoms with Crippen molar-refractivity contribution < 1.29 is 5.11 Å². The van der Waals surface area contributed by atoms with Crippen LogP contribution in [0.4, 0.5) is 0 Å². The predicted octanol–water partition coefficient (Wildman–Crippen LogP) is 4.31. The van der Waals surface area contributed by atoms with Crippen LogP contribution in [0.15, 0.2) is 70.5 Å². The highest BCUT2D eigenvalue weighted by atomic mass is 35.5. The molecule has 8 heteroatoms. The van der Waals surface area contributed by atoms with Gasteiger partial charge in [-0.1, -0.05) is 41.9 Å². The summed E-state index contributed by atoms with van der Waals surface area (Å²) in [6.07, 6.45) is 3.18. The van der Waals surface area contributed by atoms with E-state index in [1.165, 1.54) is 12.3 Å². The van der Waals surface area contributed by atoms with E-state index in [1.807, 2.05) is 24.3 Å². The van der Waals surface area contributed by atoms with Gasteiger partial charge in [-0.15, -0.1) is 11.3 Å². The fourth-order valence-electron chi connectivity index (χ4n) is 3.39. The molecule has 0 radical (unpaired) electrons. The lowest BCUT2D eigenvalue weighted by atomic mass is 10.1. The molecule has 0 aliphatic heterocycles. The molecule has 3 heterocycles. The number of thiophene rings is 1. The van der Waals surface area contributed by atoms with Crippen molar-refractivity contribution in [2.45, 2.75) is 0 Å². The maximum atomic E-state index is 13.2. The van der Waals surface area contributed by atoms with E-state index >= 15 is 0 Å². The molecule has 2 aromatic carbocycles. The standard InChI is InChI=1S/C21H12ClN3O3S/c22-13-6-3-7-16(26)18(13)17-8-14-19(29-17)20(27)25(21(28)24-14)15-10-23-9-11-4-1-2-5-12(11)15/h1-10,26H,(H,24,28). The van der Waals surface area contributed by atoms with E-state index in [0.717, 1.165) is 26.7 Å². The molecule has 0 fully saturated rings. The Labute approximate surface area is 172 Å². The van der Waals surface area contributed by atoms with Gasteiger partial charge < -0.3 is 10.1 Å². The molecular weight excluding hydrogens is 410 g/mol. The highest BCUT2D eigenvalue weighted by Gasteiger charge is 2.18. The molecule has 29 heavy (non-hydrogen) atoms. The first-order valence-corrected chi connectivity index (χ1v) is 9.84. The maximum absolute atomic E-state index is 13.2. The first kappa shape index (κ1) is 17.7. The smallest absolute Gasteiger partial charge is 0.333 e. The van der Waals surface area contributed by atoms with Crippen LogP contribution in [0.1, 0.15) is 0 Å². The van der Waals surface area contributed by atoms with E-state index in [2.05, 4.69) is 9.97 Å². The quantitative estimate of drug-likeness (QED) is 0.444. The Balaban J connectivity index is 1.82. The van der Waals surface area contributed by atoms with E-state index in [0.29, 0.717) is 31.4 Å². The van der Waals surface area contributed by atoms with Crippen molar-refractivity contribution in [3.63, 3.8) is 0 Å². The molecule has 2 N–H and O–H groups in total. The highest BCUT2D eigenvalue weighted by molar-refractivity contribution is 7.22. The largest absolute Gasteiger partial charge is 0.507 e. The van der Waals surface area contributed by atoms with Gasteiger partial charge in [0.15, 0.2) is 0 Å². The van der Waals surface area contributed by atoms with Gasteiger partial charge in [0.2, 0.25) is 0 Å². The van der Waals surface area contributed by atoms with Crippen LogP contribution in [0.5, 0.6) is 5.75 Å². The zero-order chi connectivity index (χ0) is 20.1. The molecule has 0 amide bonds. The molecule has 0 aliphatic carbocycles. The average Bonchev–Trinajstić information content (AvgIpc) is 3.12. The van der Waals surface area contributed by atoms with E-state index < -0.39 is 11.2 Å². The van der Waals surface area contributed by atoms with Crippen molar-refractivity contribution >= 4 is 43.9 Å². The summed E-state index contributed by atoms with van der Waals surface area (Å²) in [5.41, 5.74) is 0.211. The van der Waals surface area contributed by atoms with E-state index in [1.54, 1.807) is 24.4 Å². The van der Waals surface area contributed by atoms with Crippen LogP contribution in [0.3, 0.4) is 0 Å². The molecule has 0 atom stereocenters. The number of rotatable bonds is 2. The number of halogens is 1. The number of aromatic nitrogens is 3. The van der Waals surface area contributed by atoms with Crippen LogP contribution in [0, 0.1) is 0 Å². The third-order valence-corrected chi connectivity index (χ3v) is 6.16. The Morgan fingerprint density at radius 1 is 1.07 bits per heavy atom. The zero-order valence-corrected chi connectivity index (χ0v) is 16.3. The van der Waals surface area contributed by atoms with Gasteiger partial charge in [-0.05, 0) is 18.2 Å². The molecule has 0 unspecified atom stereocenters. The lowest BCUT2D eigenvalue weighted by Crippen LogP contribution is -2.33. The minimum Gasteiger partial charge on any atom is -0.507 e. The lowest BCUT2D eigenvalue weighted by molar-refractivity contribution is 0.477. The number of nitrogens with zero attached hydrogens (tertiary/aromatic N) is 2. The number of H-pyrrole nitrogens is 1. The van der Waals surface area contributed by atoms with Crippen LogP contribution in [0.25, 0.3) is 37.1 Å². The second-order valence-electron chi connectivity index (χ2n) is 6.44. The van der Waals surface area contributed by atoms with Crippen molar-refractivity contribution in [3.8, 4) is 21.9 Å². The Kier molecular flexibility index (Phi) is 4.01. The second-order valence-corrected chi connectivity index (χ2v) is 7.90. The number of phenols is 1. The molecule has 5 aromatic rings. The van der Waals surface area contributed by atoms with E-state index in [-0.39, 0.29) is 5.75 Å². The van der Waals surface area contributed by atoms with Gasteiger partial charge in [-0.2, -0.15) is 0 Å². The number of hydrogen-bond donors (Lipinski definition) is 2. The first-order chi connectivity index (χ1) is 14.0. The molecule has 0 saturated carbocycles. The number of pyridine rings is 1. The summed E-state index contributed by atoms with van der Waals surface area (Å²) in [6, 6.07) is 13.9. The number of phenolic OH excluding ortho intramolecular Hbond substituents is 1. The SMILES string of the molecule is O=c1[nH]c2cc(-c3c(O)cccc3Cl)sc2c(=O)n1-c1cncc2ccccc12. The van der Waals surface area contributed by atoms with E-state index in [9.17, 15) is 14.7 Å². The maximum Gasteiger partial charge on any atom is 0.333 e. The van der Waals surface area contributed by atoms with Crippen LogP contribution < -0.4 is 11.2 Å². The minimum absolute atomic E-state index is 0.00461. The normalized spacial score (nSPS) is 11.3. The van der Waals surface area contributed by atoms with Crippen molar-refractivity contribution in [1.82, 2.24) is 14.5 Å². The minimum atomic E-state index is -0.562. The molecule has 5 rings (SSSR count). The summed E-state index contributed by atoms with van der Waals surface area (Å²) < 4.78 is 1.44. The third kappa shape index (κ3) is 2.74. The molecule has 0 saturated heterocycles. The van der Waals surface area contributed by atoms with Crippen molar-refractivity contribution in [1.29, 1.82) is 0 Å². The van der Waals surface area contributed by atoms with E-state index in [4.69, 9.17) is 11.6 Å². The molecular formula is C21H12ClN3O3S. The summed E-state index contributed by atoms with van der Waals surface area (Å²) in [6.45, 7) is 0. The Morgan fingerprint density at radius 2 is 1.90 bits per heavy atom. The van der Waals surface area contributed by atoms with Gasteiger partial charge in [0.25, 0.3) is 5.56 Å². The van der Waals surface area contributed by atoms with Crippen molar-refractivity contribution in [3.05, 3.63) is 86.8 Å². The molecule has 0 aliphatic rings. The summed E-state index contributed by atoms with van der Waals surface area (Å²) >= 11 is 7.40. The lowest BCUT2D eigenvalue weighted by Gasteiger charge is -2.07. The zero-order valence-electron chi connectivity index (χ0n) is 14.7. The van der Waals surface area contributed by atoms with Crippen LogP contribution in [-0.4, -0.2) is 19.6 Å². The number of aromatic hydroxyl groups is 1. The molecule has 6 nitrogen and oxygen atoms in total. The van der Waals surface area contributed by atoms with Gasteiger partial charge in [-0.25, -0.2) is 9.36 Å².